The lowest BCUT2D eigenvalue weighted by Gasteiger charge is -2.28. The highest BCUT2D eigenvalue weighted by atomic mass is 16.6. The Balaban J connectivity index is 0.000000349. The number of esters is 1. The van der Waals surface area contributed by atoms with Crippen molar-refractivity contribution in [3.8, 4) is 0 Å². The maximum Gasteiger partial charge on any atom is 0.336 e. The zero-order chi connectivity index (χ0) is 29.3. The number of carbonyl (C=O) groups is 7. The van der Waals surface area contributed by atoms with E-state index in [0.29, 0.717) is 25.1 Å². The van der Waals surface area contributed by atoms with Crippen molar-refractivity contribution in [1.82, 2.24) is 20.2 Å². The summed E-state index contributed by atoms with van der Waals surface area (Å²) < 4.78 is 4.95. The number of carboxylic acid groups (broad SMARTS) is 3. The molecule has 2 fully saturated rings. The first-order chi connectivity index (χ1) is 18.2. The van der Waals surface area contributed by atoms with Crippen LogP contribution in [0.1, 0.15) is 44.2 Å². The number of rotatable bonds is 11. The monoisotopic (exact) mass is 555 g/mol. The lowest BCUT2D eigenvalue weighted by molar-refractivity contribution is -0.170. The van der Waals surface area contributed by atoms with Gasteiger partial charge in [0.15, 0.2) is 11.7 Å². The van der Waals surface area contributed by atoms with Gasteiger partial charge in [0.2, 0.25) is 11.8 Å². The van der Waals surface area contributed by atoms with Crippen LogP contribution in [0.4, 0.5) is 0 Å². The molecule has 0 saturated carbocycles. The van der Waals surface area contributed by atoms with Crippen molar-refractivity contribution in [2.24, 2.45) is 5.73 Å². The number of aromatic nitrogens is 2. The Morgan fingerprint density at radius 3 is 2.26 bits per heavy atom. The zero-order valence-corrected chi connectivity index (χ0v) is 20.6. The van der Waals surface area contributed by atoms with Crippen molar-refractivity contribution in [2.75, 3.05) is 6.54 Å². The summed E-state index contributed by atoms with van der Waals surface area (Å²) in [5.41, 5.74) is 3.30. The number of imidazole rings is 1. The predicted molar refractivity (Wildman–Crippen MR) is 124 cm³/mol. The molecule has 17 heteroatoms. The van der Waals surface area contributed by atoms with E-state index in [-0.39, 0.29) is 19.3 Å². The molecule has 1 aromatic rings. The minimum atomic E-state index is -2.74. The topological polar surface area (TPSA) is 280 Å². The van der Waals surface area contributed by atoms with E-state index >= 15 is 0 Å². The molecule has 0 spiro atoms. The molecule has 3 atom stereocenters. The van der Waals surface area contributed by atoms with E-state index in [1.165, 1.54) is 11.2 Å². The number of hydrogen-bond acceptors (Lipinski definition) is 10. The molecule has 3 heterocycles. The van der Waals surface area contributed by atoms with Gasteiger partial charge in [0.1, 0.15) is 12.1 Å². The average molecular weight is 555 g/mol. The van der Waals surface area contributed by atoms with E-state index in [1.807, 2.05) is 0 Å². The van der Waals surface area contributed by atoms with Gasteiger partial charge in [-0.25, -0.2) is 9.78 Å². The number of amides is 3. The van der Waals surface area contributed by atoms with E-state index in [1.54, 1.807) is 6.20 Å². The third kappa shape index (κ3) is 8.77. The number of nitrogens with zero attached hydrogens (tertiary/aromatic N) is 2. The molecule has 0 aromatic carbocycles. The Hall–Kier alpha value is -4.54. The maximum absolute atomic E-state index is 13.0. The summed E-state index contributed by atoms with van der Waals surface area (Å²) in [6, 6.07) is -1.59. The minimum Gasteiger partial charge on any atom is -0.481 e. The van der Waals surface area contributed by atoms with Crippen molar-refractivity contribution >= 4 is 41.6 Å². The molecule has 0 bridgehead atoms. The molecule has 0 aliphatic carbocycles. The van der Waals surface area contributed by atoms with Gasteiger partial charge in [-0.05, 0) is 12.8 Å². The molecule has 3 unspecified atom stereocenters. The van der Waals surface area contributed by atoms with Gasteiger partial charge in [-0.3, -0.25) is 28.8 Å². The van der Waals surface area contributed by atoms with E-state index in [4.69, 9.17) is 30.9 Å². The molecule has 0 radical (unpaired) electrons. The first kappa shape index (κ1) is 30.7. The summed E-state index contributed by atoms with van der Waals surface area (Å²) in [7, 11) is 0. The molecule has 2 saturated heterocycles. The molecule has 2 aliphatic heterocycles. The normalized spacial score (nSPS) is 19.3. The van der Waals surface area contributed by atoms with Gasteiger partial charge in [-0.15, -0.1) is 0 Å². The smallest absolute Gasteiger partial charge is 0.336 e. The molecule has 3 amide bonds. The van der Waals surface area contributed by atoms with Crippen molar-refractivity contribution in [3.63, 3.8) is 0 Å². The van der Waals surface area contributed by atoms with Gasteiger partial charge in [-0.1, -0.05) is 0 Å². The van der Waals surface area contributed by atoms with Crippen LogP contribution >= 0.6 is 0 Å². The van der Waals surface area contributed by atoms with E-state index in [9.17, 15) is 33.6 Å². The maximum atomic E-state index is 13.0. The second-order valence-electron chi connectivity index (χ2n) is 8.93. The Kier molecular flexibility index (Phi) is 10.5. The number of hydrogen-bond donors (Lipinski definition) is 7. The number of H-pyrrole nitrogens is 1. The zero-order valence-electron chi connectivity index (χ0n) is 20.6. The fourth-order valence-electron chi connectivity index (χ4n) is 4.03. The number of primary amides is 1. The number of nitrogens with two attached hydrogens (primary N) is 1. The number of aliphatic hydroxyl groups is 1. The molecule has 3 rings (SSSR count). The molecule has 17 nitrogen and oxygen atoms in total. The number of carbonyl (C=O) groups excluding carboxylic acids is 4. The second kappa shape index (κ2) is 13.3. The summed E-state index contributed by atoms with van der Waals surface area (Å²) in [6.07, 6.45) is 1.64. The second-order valence-corrected chi connectivity index (χ2v) is 8.93. The molecular weight excluding hydrogens is 526 g/mol. The van der Waals surface area contributed by atoms with Crippen molar-refractivity contribution in [1.29, 1.82) is 0 Å². The van der Waals surface area contributed by atoms with Crippen molar-refractivity contribution in [3.05, 3.63) is 18.2 Å². The van der Waals surface area contributed by atoms with Crippen molar-refractivity contribution in [2.45, 2.75) is 68.7 Å². The van der Waals surface area contributed by atoms with E-state index in [2.05, 4.69) is 15.3 Å². The quantitative estimate of drug-likeness (QED) is 0.138. The molecule has 1 aromatic heterocycles. The van der Waals surface area contributed by atoms with Crippen LogP contribution in [0.5, 0.6) is 0 Å². The summed E-state index contributed by atoms with van der Waals surface area (Å²) in [4.78, 5) is 86.8. The molecular formula is C22H29N5O12. The highest BCUT2D eigenvalue weighted by molar-refractivity contribution is 5.94. The van der Waals surface area contributed by atoms with Crippen LogP contribution in [0.3, 0.4) is 0 Å². The minimum absolute atomic E-state index is 0.174. The summed E-state index contributed by atoms with van der Waals surface area (Å²) in [5, 5.41) is 36.5. The van der Waals surface area contributed by atoms with Crippen LogP contribution in [-0.2, 0) is 44.7 Å². The van der Waals surface area contributed by atoms with Gasteiger partial charge < -0.3 is 46.1 Å². The van der Waals surface area contributed by atoms with Crippen LogP contribution in [0.2, 0.25) is 0 Å². The number of nitrogens with one attached hydrogen (secondary N) is 2. The summed E-state index contributed by atoms with van der Waals surface area (Å²) >= 11 is 0. The predicted octanol–water partition coefficient (Wildman–Crippen LogP) is -2.63. The van der Waals surface area contributed by atoms with Crippen LogP contribution < -0.4 is 11.1 Å². The van der Waals surface area contributed by atoms with Gasteiger partial charge in [0.05, 0.1) is 19.2 Å². The standard InChI is InChI=1S/C16H21N5O5.C6H8O7/c17-14(23)11-2-1-5-21(11)16(25)10(6-9-7-18-8-19-9)20-15(24)12-3-4-13(22)26-12;7-3(8)1-6(13,5(11)12)2-4(9)10/h7-8,10-12H,1-6H2,(H2,17,23)(H,18,19)(H,20,24);13H,1-2H2,(H,7,8)(H,9,10)(H,11,12). The van der Waals surface area contributed by atoms with Gasteiger partial charge in [-0.2, -0.15) is 0 Å². The first-order valence-electron chi connectivity index (χ1n) is 11.7. The third-order valence-electron chi connectivity index (χ3n) is 5.92. The van der Waals surface area contributed by atoms with Gasteiger partial charge >= 0.3 is 23.9 Å². The van der Waals surface area contributed by atoms with Crippen LogP contribution in [0.15, 0.2) is 12.5 Å². The Morgan fingerprint density at radius 2 is 1.79 bits per heavy atom. The largest absolute Gasteiger partial charge is 0.481 e. The highest BCUT2D eigenvalue weighted by Crippen LogP contribution is 2.20. The molecule has 214 valence electrons. The third-order valence-corrected chi connectivity index (χ3v) is 5.92. The fraction of sp³-hybridized carbons (Fsp3) is 0.545. The lowest BCUT2D eigenvalue weighted by atomic mass is 9.96. The van der Waals surface area contributed by atoms with Crippen molar-refractivity contribution < 1.29 is 58.7 Å². The summed E-state index contributed by atoms with van der Waals surface area (Å²) in [6.45, 7) is 0.403. The van der Waals surface area contributed by atoms with E-state index < -0.39 is 78.2 Å². The highest BCUT2D eigenvalue weighted by Gasteiger charge is 2.41. The van der Waals surface area contributed by atoms with Crippen LogP contribution in [-0.4, -0.2) is 107 Å². The average Bonchev–Trinajstić information content (AvgIpc) is 3.59. The van der Waals surface area contributed by atoms with Crippen LogP contribution in [0.25, 0.3) is 0 Å². The number of likely N-dealkylation sites (tertiary alicyclic amines) is 1. The number of cyclic esters (lactones) is 1. The van der Waals surface area contributed by atoms with Gasteiger partial charge in [0.25, 0.3) is 5.91 Å². The molecule has 8 N–H and O–H groups in total. The summed E-state index contributed by atoms with van der Waals surface area (Å²) in [5.74, 6) is -6.93. The Labute approximate surface area is 220 Å². The Morgan fingerprint density at radius 1 is 1.15 bits per heavy atom. The number of aliphatic carboxylic acids is 3. The molecule has 2 aliphatic rings. The number of aromatic amines is 1. The van der Waals surface area contributed by atoms with E-state index in [0.717, 1.165) is 0 Å². The SMILES string of the molecule is NC(=O)C1CCCN1C(=O)C(Cc1cnc[nH]1)NC(=O)C1CCC(=O)O1.O=C(O)CC(O)(CC(=O)O)C(=O)O. The number of carboxylic acids is 3. The van der Waals surface area contributed by atoms with Gasteiger partial charge in [0, 0.05) is 37.7 Å². The number of ether oxygens (including phenoxy) is 1. The lowest BCUT2D eigenvalue weighted by Crippen LogP contribution is -2.55. The fourth-order valence-corrected chi connectivity index (χ4v) is 4.03. The Bertz CT molecular complexity index is 1090. The van der Waals surface area contributed by atoms with Crippen LogP contribution in [0, 0.1) is 0 Å². The molecule has 39 heavy (non-hydrogen) atoms. The first-order valence-corrected chi connectivity index (χ1v) is 11.7.